The molecule has 0 heterocycles. The van der Waals surface area contributed by atoms with Crippen molar-refractivity contribution in [3.63, 3.8) is 0 Å². The van der Waals surface area contributed by atoms with Crippen LogP contribution < -0.4 is 14.4 Å². The molecule has 10 heteroatoms. The summed E-state index contributed by atoms with van der Waals surface area (Å²) < 4.78 is 72.4. The number of amides is 1. The van der Waals surface area contributed by atoms with E-state index < -0.39 is 45.7 Å². The van der Waals surface area contributed by atoms with E-state index >= 15 is 0 Å². The number of halogens is 3. The van der Waals surface area contributed by atoms with Gasteiger partial charge in [-0.05, 0) is 62.4 Å². The molecule has 3 rings (SSSR count). The van der Waals surface area contributed by atoms with Gasteiger partial charge in [0, 0.05) is 6.54 Å². The lowest BCUT2D eigenvalue weighted by Gasteiger charge is -2.23. The second-order valence-corrected chi connectivity index (χ2v) is 8.90. The number of nitrogens with zero attached hydrogens (tertiary/aromatic N) is 1. The van der Waals surface area contributed by atoms with E-state index in [-0.39, 0.29) is 17.2 Å². The van der Waals surface area contributed by atoms with Crippen LogP contribution in [-0.2, 0) is 14.8 Å². The number of nitrogens with one attached hydrogen (secondary N) is 1. The number of carbonyl (C=O) groups is 1. The minimum absolute atomic E-state index is 0.163. The zero-order valence-electron chi connectivity index (χ0n) is 17.8. The predicted molar refractivity (Wildman–Crippen MR) is 118 cm³/mol. The Bertz CT molecular complexity index is 1250. The van der Waals surface area contributed by atoms with Crippen molar-refractivity contribution in [1.82, 2.24) is 0 Å². The van der Waals surface area contributed by atoms with Gasteiger partial charge in [0.25, 0.3) is 15.9 Å². The van der Waals surface area contributed by atoms with Crippen LogP contribution in [-0.4, -0.2) is 27.5 Å². The Morgan fingerprint density at radius 3 is 2.18 bits per heavy atom. The summed E-state index contributed by atoms with van der Waals surface area (Å²) >= 11 is 0. The van der Waals surface area contributed by atoms with E-state index in [1.165, 1.54) is 28.6 Å². The van der Waals surface area contributed by atoms with Crippen molar-refractivity contribution in [1.29, 1.82) is 0 Å². The second kappa shape index (κ2) is 9.95. The summed E-state index contributed by atoms with van der Waals surface area (Å²) in [6, 6.07) is 14.1. The maximum atomic E-state index is 13.7. The smallest absolute Gasteiger partial charge is 0.264 e. The standard InChI is InChI=1S/C23H21F3N2O4S/c1-3-28(33(30,31)18-10-4-15(2)5-11-18)16-6-8-17(9-7-16)32-14-21(29)27-20-13-12-19(24)22(25)23(20)26/h4-13H,3,14H2,1-2H3,(H,27,29). The van der Waals surface area contributed by atoms with Crippen molar-refractivity contribution in [2.75, 3.05) is 22.8 Å². The molecule has 3 aromatic rings. The highest BCUT2D eigenvalue weighted by Gasteiger charge is 2.23. The monoisotopic (exact) mass is 478 g/mol. The predicted octanol–water partition coefficient (Wildman–Crippen LogP) is 4.65. The fraction of sp³-hybridized carbons (Fsp3) is 0.174. The summed E-state index contributed by atoms with van der Waals surface area (Å²) in [5.41, 5.74) is 0.825. The van der Waals surface area contributed by atoms with Crippen LogP contribution in [0.3, 0.4) is 0 Å². The Morgan fingerprint density at radius 2 is 1.58 bits per heavy atom. The zero-order chi connectivity index (χ0) is 24.2. The molecule has 33 heavy (non-hydrogen) atoms. The van der Waals surface area contributed by atoms with E-state index in [2.05, 4.69) is 5.32 Å². The Balaban J connectivity index is 1.66. The fourth-order valence-electron chi connectivity index (χ4n) is 3.00. The van der Waals surface area contributed by atoms with Gasteiger partial charge in [-0.1, -0.05) is 17.7 Å². The van der Waals surface area contributed by atoms with E-state index in [0.717, 1.165) is 11.6 Å². The SMILES string of the molecule is CCN(c1ccc(OCC(=O)Nc2ccc(F)c(F)c2F)cc1)S(=O)(=O)c1ccc(C)cc1. The molecule has 0 bridgehead atoms. The van der Waals surface area contributed by atoms with Crippen LogP contribution >= 0.6 is 0 Å². The first kappa shape index (κ1) is 24.1. The largest absolute Gasteiger partial charge is 0.484 e. The number of carbonyl (C=O) groups excluding carboxylic acids is 1. The molecule has 3 aromatic carbocycles. The quantitative estimate of drug-likeness (QED) is 0.479. The molecule has 0 aliphatic rings. The molecule has 1 N–H and O–H groups in total. The van der Waals surface area contributed by atoms with Crippen LogP contribution in [0.25, 0.3) is 0 Å². The summed E-state index contributed by atoms with van der Waals surface area (Å²) in [5.74, 6) is -5.11. The van der Waals surface area contributed by atoms with Crippen LogP contribution in [0.2, 0.25) is 0 Å². The molecular weight excluding hydrogens is 457 g/mol. The lowest BCUT2D eigenvalue weighted by Crippen LogP contribution is -2.30. The Labute approximate surface area is 189 Å². The van der Waals surface area contributed by atoms with Gasteiger partial charge in [-0.25, -0.2) is 21.6 Å². The third kappa shape index (κ3) is 5.46. The van der Waals surface area contributed by atoms with Gasteiger partial charge in [0.1, 0.15) is 5.75 Å². The minimum atomic E-state index is -3.77. The number of sulfonamides is 1. The highest BCUT2D eigenvalue weighted by atomic mass is 32.2. The van der Waals surface area contributed by atoms with Gasteiger partial charge in [-0.15, -0.1) is 0 Å². The summed E-state index contributed by atoms with van der Waals surface area (Å²) in [5, 5.41) is 2.10. The van der Waals surface area contributed by atoms with E-state index in [1.807, 2.05) is 6.92 Å². The molecule has 0 aromatic heterocycles. The second-order valence-electron chi connectivity index (χ2n) is 7.04. The van der Waals surface area contributed by atoms with Crippen LogP contribution in [0.15, 0.2) is 65.6 Å². The van der Waals surface area contributed by atoms with Gasteiger partial charge in [0.05, 0.1) is 16.3 Å². The summed E-state index contributed by atoms with van der Waals surface area (Å²) in [7, 11) is -3.77. The van der Waals surface area contributed by atoms with Crippen molar-refractivity contribution < 1.29 is 31.1 Å². The minimum Gasteiger partial charge on any atom is -0.484 e. The molecule has 0 radical (unpaired) electrons. The maximum absolute atomic E-state index is 13.7. The number of aryl methyl sites for hydroxylation is 1. The lowest BCUT2D eigenvalue weighted by molar-refractivity contribution is -0.118. The molecule has 0 aliphatic carbocycles. The zero-order valence-corrected chi connectivity index (χ0v) is 18.6. The normalized spacial score (nSPS) is 11.2. The first-order valence-electron chi connectivity index (χ1n) is 9.89. The summed E-state index contributed by atoms with van der Waals surface area (Å²) in [6.07, 6.45) is 0. The molecule has 174 valence electrons. The molecule has 0 atom stereocenters. The fourth-order valence-corrected chi connectivity index (χ4v) is 4.47. The Morgan fingerprint density at radius 1 is 0.939 bits per heavy atom. The number of ether oxygens (including phenoxy) is 1. The van der Waals surface area contributed by atoms with Crippen molar-refractivity contribution in [2.45, 2.75) is 18.7 Å². The van der Waals surface area contributed by atoms with Crippen LogP contribution in [0, 0.1) is 24.4 Å². The highest BCUT2D eigenvalue weighted by molar-refractivity contribution is 7.92. The topological polar surface area (TPSA) is 75.7 Å². The van der Waals surface area contributed by atoms with E-state index in [0.29, 0.717) is 11.8 Å². The van der Waals surface area contributed by atoms with Crippen molar-refractivity contribution >= 4 is 27.3 Å². The van der Waals surface area contributed by atoms with E-state index in [4.69, 9.17) is 4.74 Å². The van der Waals surface area contributed by atoms with Crippen LogP contribution in [0.5, 0.6) is 5.75 Å². The first-order chi connectivity index (χ1) is 15.6. The summed E-state index contributed by atoms with van der Waals surface area (Å²) in [4.78, 5) is 12.1. The van der Waals surface area contributed by atoms with Gasteiger partial charge in [0.2, 0.25) is 0 Å². The number of anilines is 2. The van der Waals surface area contributed by atoms with Crippen molar-refractivity contribution in [3.05, 3.63) is 83.7 Å². The molecule has 0 saturated heterocycles. The van der Waals surface area contributed by atoms with Gasteiger partial charge >= 0.3 is 0 Å². The first-order valence-corrected chi connectivity index (χ1v) is 11.3. The molecule has 0 spiro atoms. The van der Waals surface area contributed by atoms with Gasteiger partial charge in [-0.2, -0.15) is 0 Å². The van der Waals surface area contributed by atoms with Gasteiger partial charge in [-0.3, -0.25) is 9.10 Å². The third-order valence-electron chi connectivity index (χ3n) is 4.70. The van der Waals surface area contributed by atoms with E-state index in [1.54, 1.807) is 31.2 Å². The van der Waals surface area contributed by atoms with Crippen LogP contribution in [0.4, 0.5) is 24.5 Å². The number of hydrogen-bond acceptors (Lipinski definition) is 4. The molecule has 1 amide bonds. The Hall–Kier alpha value is -3.53. The third-order valence-corrected chi connectivity index (χ3v) is 6.62. The molecule has 0 saturated carbocycles. The number of benzene rings is 3. The summed E-state index contributed by atoms with van der Waals surface area (Å²) in [6.45, 7) is 3.23. The van der Waals surface area contributed by atoms with Gasteiger partial charge in [0.15, 0.2) is 24.1 Å². The Kier molecular flexibility index (Phi) is 7.27. The van der Waals surface area contributed by atoms with Crippen molar-refractivity contribution in [3.8, 4) is 5.75 Å². The number of rotatable bonds is 8. The highest BCUT2D eigenvalue weighted by Crippen LogP contribution is 2.26. The molecule has 0 unspecified atom stereocenters. The van der Waals surface area contributed by atoms with Crippen molar-refractivity contribution in [2.24, 2.45) is 0 Å². The molecule has 0 fully saturated rings. The molecular formula is C23H21F3N2O4S. The average molecular weight is 478 g/mol. The number of hydrogen-bond donors (Lipinski definition) is 1. The van der Waals surface area contributed by atoms with E-state index in [9.17, 15) is 26.4 Å². The molecule has 6 nitrogen and oxygen atoms in total. The maximum Gasteiger partial charge on any atom is 0.264 e. The average Bonchev–Trinajstić information content (AvgIpc) is 2.79. The van der Waals surface area contributed by atoms with Crippen LogP contribution in [0.1, 0.15) is 12.5 Å². The van der Waals surface area contributed by atoms with Gasteiger partial charge < -0.3 is 10.1 Å². The lowest BCUT2D eigenvalue weighted by atomic mass is 10.2. The molecule has 0 aliphatic heterocycles.